The van der Waals surface area contributed by atoms with E-state index >= 15 is 0 Å². The van der Waals surface area contributed by atoms with Gasteiger partial charge in [0, 0.05) is 6.54 Å². The lowest BCUT2D eigenvalue weighted by Crippen LogP contribution is -2.38. The highest BCUT2D eigenvalue weighted by Crippen LogP contribution is 2.27. The minimum atomic E-state index is -0.107. The van der Waals surface area contributed by atoms with Gasteiger partial charge in [0.2, 0.25) is 0 Å². The van der Waals surface area contributed by atoms with Crippen LogP contribution < -0.4 is 15.4 Å². The van der Waals surface area contributed by atoms with Gasteiger partial charge in [-0.1, -0.05) is 30.3 Å². The Balaban J connectivity index is 1.40. The van der Waals surface area contributed by atoms with Gasteiger partial charge in [-0.2, -0.15) is 0 Å². The summed E-state index contributed by atoms with van der Waals surface area (Å²) in [6.45, 7) is 1.76. The van der Waals surface area contributed by atoms with Gasteiger partial charge in [-0.3, -0.25) is 0 Å². The summed E-state index contributed by atoms with van der Waals surface area (Å²) in [5.41, 5.74) is 0. The smallest absolute Gasteiger partial charge is 0.314 e. The number of carbonyl (C=O) groups is 1. The molecule has 0 aromatic heterocycles. The van der Waals surface area contributed by atoms with Crippen molar-refractivity contribution < 1.29 is 9.53 Å². The normalized spacial score (nSPS) is 13.9. The molecule has 4 nitrogen and oxygen atoms in total. The average molecular weight is 284 g/mol. The van der Waals surface area contributed by atoms with E-state index in [9.17, 15) is 4.79 Å². The summed E-state index contributed by atoms with van der Waals surface area (Å²) >= 11 is 0. The van der Waals surface area contributed by atoms with Crippen LogP contribution in [0, 0.1) is 5.92 Å². The third kappa shape index (κ3) is 4.12. The summed E-state index contributed by atoms with van der Waals surface area (Å²) < 4.78 is 5.66. The molecule has 0 unspecified atom stereocenters. The highest BCUT2D eigenvalue weighted by molar-refractivity contribution is 5.83. The van der Waals surface area contributed by atoms with Crippen LogP contribution in [0.1, 0.15) is 12.8 Å². The van der Waals surface area contributed by atoms with Crippen molar-refractivity contribution in [2.24, 2.45) is 5.92 Å². The van der Waals surface area contributed by atoms with Crippen molar-refractivity contribution in [1.29, 1.82) is 0 Å². The molecule has 1 aliphatic carbocycles. The molecule has 0 heterocycles. The molecule has 0 bridgehead atoms. The Kier molecular flexibility index (Phi) is 4.24. The SMILES string of the molecule is O=C(NCCOc1ccc2ccccc2c1)NCC1CC1. The van der Waals surface area contributed by atoms with Crippen LogP contribution in [0.25, 0.3) is 10.8 Å². The molecule has 4 heteroatoms. The monoisotopic (exact) mass is 284 g/mol. The van der Waals surface area contributed by atoms with Crippen molar-refractivity contribution in [2.75, 3.05) is 19.7 Å². The van der Waals surface area contributed by atoms with Crippen LogP contribution >= 0.6 is 0 Å². The van der Waals surface area contributed by atoms with Gasteiger partial charge in [0.05, 0.1) is 6.54 Å². The maximum absolute atomic E-state index is 11.5. The molecule has 0 aliphatic heterocycles. The van der Waals surface area contributed by atoms with E-state index in [1.54, 1.807) is 0 Å². The lowest BCUT2D eigenvalue weighted by molar-refractivity contribution is 0.236. The predicted molar refractivity (Wildman–Crippen MR) is 83.6 cm³/mol. The largest absolute Gasteiger partial charge is 0.492 e. The molecule has 1 fully saturated rings. The number of hydrogen-bond donors (Lipinski definition) is 2. The molecule has 2 aromatic rings. The fourth-order valence-corrected chi connectivity index (χ4v) is 2.21. The zero-order chi connectivity index (χ0) is 14.5. The molecule has 0 radical (unpaired) electrons. The lowest BCUT2D eigenvalue weighted by Gasteiger charge is -2.09. The Morgan fingerprint density at radius 2 is 1.90 bits per heavy atom. The summed E-state index contributed by atoms with van der Waals surface area (Å²) in [7, 11) is 0. The molecule has 0 spiro atoms. The summed E-state index contributed by atoms with van der Waals surface area (Å²) in [5.74, 6) is 1.53. The van der Waals surface area contributed by atoms with Gasteiger partial charge in [0.1, 0.15) is 12.4 Å². The Morgan fingerprint density at radius 1 is 1.10 bits per heavy atom. The highest BCUT2D eigenvalue weighted by Gasteiger charge is 2.21. The third-order valence-electron chi connectivity index (χ3n) is 3.63. The topological polar surface area (TPSA) is 50.4 Å². The quantitative estimate of drug-likeness (QED) is 0.801. The number of ether oxygens (including phenoxy) is 1. The van der Waals surface area contributed by atoms with Crippen LogP contribution in [0.5, 0.6) is 5.75 Å². The van der Waals surface area contributed by atoms with Crippen LogP contribution in [-0.4, -0.2) is 25.7 Å². The van der Waals surface area contributed by atoms with E-state index < -0.39 is 0 Å². The third-order valence-corrected chi connectivity index (χ3v) is 3.63. The van der Waals surface area contributed by atoms with Crippen molar-refractivity contribution in [1.82, 2.24) is 10.6 Å². The van der Waals surface area contributed by atoms with Gasteiger partial charge in [0.25, 0.3) is 0 Å². The molecule has 2 N–H and O–H groups in total. The second-order valence-corrected chi connectivity index (χ2v) is 5.44. The van der Waals surface area contributed by atoms with Crippen LogP contribution in [0.4, 0.5) is 4.79 Å². The number of rotatable bonds is 6. The standard InChI is InChI=1S/C17H20N2O2/c20-17(19-12-13-5-6-13)18-9-10-21-16-8-7-14-3-1-2-4-15(14)11-16/h1-4,7-8,11,13H,5-6,9-10,12H2,(H2,18,19,20). The zero-order valence-electron chi connectivity index (χ0n) is 12.0. The second kappa shape index (κ2) is 6.48. The summed E-state index contributed by atoms with van der Waals surface area (Å²) in [6, 6.07) is 14.1. The maximum atomic E-state index is 11.5. The summed E-state index contributed by atoms with van der Waals surface area (Å²) in [4.78, 5) is 11.5. The zero-order valence-corrected chi connectivity index (χ0v) is 12.0. The average Bonchev–Trinajstić information content (AvgIpc) is 3.34. The molecule has 21 heavy (non-hydrogen) atoms. The predicted octanol–water partition coefficient (Wildman–Crippen LogP) is 2.93. The van der Waals surface area contributed by atoms with E-state index in [2.05, 4.69) is 22.8 Å². The van der Waals surface area contributed by atoms with Gasteiger partial charge in [-0.15, -0.1) is 0 Å². The summed E-state index contributed by atoms with van der Waals surface area (Å²) in [6.07, 6.45) is 2.48. The van der Waals surface area contributed by atoms with E-state index in [0.717, 1.165) is 17.7 Å². The minimum Gasteiger partial charge on any atom is -0.492 e. The van der Waals surface area contributed by atoms with Crippen molar-refractivity contribution >= 4 is 16.8 Å². The maximum Gasteiger partial charge on any atom is 0.314 e. The Labute approximate surface area is 124 Å². The summed E-state index contributed by atoms with van der Waals surface area (Å²) in [5, 5.41) is 8.01. The van der Waals surface area contributed by atoms with Crippen LogP contribution in [-0.2, 0) is 0 Å². The molecule has 2 aromatic carbocycles. The van der Waals surface area contributed by atoms with E-state index in [1.165, 1.54) is 18.2 Å². The van der Waals surface area contributed by atoms with Crippen molar-refractivity contribution in [3.8, 4) is 5.75 Å². The van der Waals surface area contributed by atoms with Gasteiger partial charge in [0.15, 0.2) is 0 Å². The van der Waals surface area contributed by atoms with E-state index in [0.29, 0.717) is 19.1 Å². The number of benzene rings is 2. The first-order chi connectivity index (χ1) is 10.3. The lowest BCUT2D eigenvalue weighted by atomic mass is 10.1. The molecule has 2 amide bonds. The van der Waals surface area contributed by atoms with Gasteiger partial charge in [-0.05, 0) is 41.7 Å². The molecular weight excluding hydrogens is 264 g/mol. The fourth-order valence-electron chi connectivity index (χ4n) is 2.21. The molecular formula is C17H20N2O2. The number of amides is 2. The van der Waals surface area contributed by atoms with Crippen LogP contribution in [0.15, 0.2) is 42.5 Å². The van der Waals surface area contributed by atoms with Crippen molar-refractivity contribution in [2.45, 2.75) is 12.8 Å². The second-order valence-electron chi connectivity index (χ2n) is 5.44. The van der Waals surface area contributed by atoms with Gasteiger partial charge >= 0.3 is 6.03 Å². The number of fused-ring (bicyclic) bond motifs is 1. The Morgan fingerprint density at radius 3 is 2.71 bits per heavy atom. The first kappa shape index (κ1) is 13.7. The fraction of sp³-hybridized carbons (Fsp3) is 0.353. The van der Waals surface area contributed by atoms with Crippen molar-refractivity contribution in [3.63, 3.8) is 0 Å². The van der Waals surface area contributed by atoms with Crippen LogP contribution in [0.3, 0.4) is 0 Å². The van der Waals surface area contributed by atoms with Gasteiger partial charge < -0.3 is 15.4 Å². The van der Waals surface area contributed by atoms with Gasteiger partial charge in [-0.25, -0.2) is 4.79 Å². The first-order valence-corrected chi connectivity index (χ1v) is 7.44. The molecule has 0 saturated heterocycles. The van der Waals surface area contributed by atoms with E-state index in [4.69, 9.17) is 4.74 Å². The minimum absolute atomic E-state index is 0.107. The van der Waals surface area contributed by atoms with E-state index in [-0.39, 0.29) is 6.03 Å². The molecule has 0 atom stereocenters. The van der Waals surface area contributed by atoms with Crippen molar-refractivity contribution in [3.05, 3.63) is 42.5 Å². The Hall–Kier alpha value is -2.23. The Bertz CT molecular complexity index is 623. The van der Waals surface area contributed by atoms with Crippen LogP contribution in [0.2, 0.25) is 0 Å². The van der Waals surface area contributed by atoms with E-state index in [1.807, 2.05) is 30.3 Å². The number of urea groups is 1. The highest BCUT2D eigenvalue weighted by atomic mass is 16.5. The molecule has 110 valence electrons. The first-order valence-electron chi connectivity index (χ1n) is 7.44. The molecule has 1 aliphatic rings. The molecule has 3 rings (SSSR count). The molecule has 1 saturated carbocycles. The number of hydrogen-bond acceptors (Lipinski definition) is 2. The number of carbonyl (C=O) groups excluding carboxylic acids is 1. The number of nitrogens with one attached hydrogen (secondary N) is 2.